The molecular formula is C15H23N3O3. The van der Waals surface area contributed by atoms with E-state index in [-0.39, 0.29) is 30.1 Å². The molecule has 1 heterocycles. The first-order valence-electron chi connectivity index (χ1n) is 7.06. The molecule has 6 heteroatoms. The fraction of sp³-hybridized carbons (Fsp3) is 0.600. The smallest absolute Gasteiger partial charge is 0.306 e. The number of amides is 1. The van der Waals surface area contributed by atoms with Gasteiger partial charge in [-0.1, -0.05) is 20.8 Å². The van der Waals surface area contributed by atoms with Crippen molar-refractivity contribution in [2.45, 2.75) is 52.5 Å². The highest BCUT2D eigenvalue weighted by atomic mass is 16.5. The molecule has 0 saturated heterocycles. The molecule has 0 radical (unpaired) electrons. The largest absolute Gasteiger partial charge is 0.466 e. The van der Waals surface area contributed by atoms with Gasteiger partial charge in [-0.3, -0.25) is 9.59 Å². The summed E-state index contributed by atoms with van der Waals surface area (Å²) in [7, 11) is 0. The molecule has 0 fully saturated rings. The van der Waals surface area contributed by atoms with Crippen LogP contribution in [-0.4, -0.2) is 28.5 Å². The number of rotatable bonds is 6. The maximum atomic E-state index is 11.7. The Kier molecular flexibility index (Phi) is 6.27. The Balaban J connectivity index is 2.52. The molecule has 0 aliphatic heterocycles. The van der Waals surface area contributed by atoms with Crippen molar-refractivity contribution < 1.29 is 14.3 Å². The van der Waals surface area contributed by atoms with Crippen molar-refractivity contribution in [2.75, 3.05) is 6.61 Å². The van der Waals surface area contributed by atoms with Crippen LogP contribution < -0.4 is 5.32 Å². The predicted molar refractivity (Wildman–Crippen MR) is 78.4 cm³/mol. The number of esters is 1. The number of ether oxygens (including phenoxy) is 1. The molecular weight excluding hydrogens is 270 g/mol. The van der Waals surface area contributed by atoms with Gasteiger partial charge < -0.3 is 10.1 Å². The van der Waals surface area contributed by atoms with Crippen molar-refractivity contribution >= 4 is 11.9 Å². The molecule has 21 heavy (non-hydrogen) atoms. The van der Waals surface area contributed by atoms with Crippen LogP contribution in [0, 0.1) is 0 Å². The molecule has 0 aliphatic rings. The maximum Gasteiger partial charge on any atom is 0.306 e. The minimum atomic E-state index is -0.355. The van der Waals surface area contributed by atoms with Crippen LogP contribution in [-0.2, 0) is 26.3 Å². The lowest BCUT2D eigenvalue weighted by atomic mass is 9.89. The lowest BCUT2D eigenvalue weighted by Crippen LogP contribution is -2.26. The average molecular weight is 293 g/mol. The van der Waals surface area contributed by atoms with E-state index >= 15 is 0 Å². The van der Waals surface area contributed by atoms with Crippen LogP contribution in [0.5, 0.6) is 0 Å². The Labute approximate surface area is 125 Å². The zero-order chi connectivity index (χ0) is 15.9. The number of hydrogen-bond acceptors (Lipinski definition) is 5. The molecule has 0 atom stereocenters. The second kappa shape index (κ2) is 7.71. The van der Waals surface area contributed by atoms with Crippen LogP contribution in [0.4, 0.5) is 0 Å². The van der Waals surface area contributed by atoms with E-state index < -0.39 is 0 Å². The fourth-order valence-corrected chi connectivity index (χ4v) is 1.89. The SMILES string of the molecule is CCOC(=O)CCC(=O)NCc1cncnc1C(C)(C)C. The van der Waals surface area contributed by atoms with Gasteiger partial charge in [0.2, 0.25) is 5.91 Å². The van der Waals surface area contributed by atoms with Gasteiger partial charge in [0, 0.05) is 30.1 Å². The minimum absolute atomic E-state index is 0.0943. The van der Waals surface area contributed by atoms with Crippen molar-refractivity contribution in [1.82, 2.24) is 15.3 Å². The van der Waals surface area contributed by atoms with Gasteiger partial charge in [-0.2, -0.15) is 0 Å². The first kappa shape index (κ1) is 17.1. The second-order valence-electron chi connectivity index (χ2n) is 5.73. The summed E-state index contributed by atoms with van der Waals surface area (Å²) in [6.45, 7) is 8.59. The quantitative estimate of drug-likeness (QED) is 0.808. The summed E-state index contributed by atoms with van der Waals surface area (Å²) in [6.07, 6.45) is 3.43. The van der Waals surface area contributed by atoms with Gasteiger partial charge in [0.05, 0.1) is 18.7 Å². The van der Waals surface area contributed by atoms with Crippen LogP contribution in [0.15, 0.2) is 12.5 Å². The number of carbonyl (C=O) groups excluding carboxylic acids is 2. The molecule has 0 saturated carbocycles. The van der Waals surface area contributed by atoms with Crippen LogP contribution in [0.25, 0.3) is 0 Å². The molecule has 1 N–H and O–H groups in total. The summed E-state index contributed by atoms with van der Waals surface area (Å²) in [4.78, 5) is 31.2. The summed E-state index contributed by atoms with van der Waals surface area (Å²) in [5, 5.41) is 2.78. The maximum absolute atomic E-state index is 11.7. The molecule has 1 aromatic heterocycles. The lowest BCUT2D eigenvalue weighted by Gasteiger charge is -2.20. The lowest BCUT2D eigenvalue weighted by molar-refractivity contribution is -0.144. The Morgan fingerprint density at radius 2 is 2.00 bits per heavy atom. The molecule has 116 valence electrons. The van der Waals surface area contributed by atoms with E-state index in [0.29, 0.717) is 13.2 Å². The zero-order valence-corrected chi connectivity index (χ0v) is 13.1. The highest BCUT2D eigenvalue weighted by Gasteiger charge is 2.19. The Morgan fingerprint density at radius 3 is 2.62 bits per heavy atom. The molecule has 1 amide bonds. The van der Waals surface area contributed by atoms with E-state index in [1.807, 2.05) is 0 Å². The first-order chi connectivity index (χ1) is 9.84. The van der Waals surface area contributed by atoms with Gasteiger partial charge in [-0.25, -0.2) is 9.97 Å². The Hall–Kier alpha value is -1.98. The first-order valence-corrected chi connectivity index (χ1v) is 7.06. The normalized spacial score (nSPS) is 11.0. The van der Waals surface area contributed by atoms with Gasteiger partial charge in [0.15, 0.2) is 0 Å². The monoisotopic (exact) mass is 293 g/mol. The van der Waals surface area contributed by atoms with Crippen LogP contribution in [0.3, 0.4) is 0 Å². The van der Waals surface area contributed by atoms with E-state index in [0.717, 1.165) is 11.3 Å². The molecule has 0 aromatic carbocycles. The van der Waals surface area contributed by atoms with Crippen LogP contribution in [0.1, 0.15) is 51.8 Å². The van der Waals surface area contributed by atoms with Crippen molar-refractivity contribution in [3.63, 3.8) is 0 Å². The third-order valence-corrected chi connectivity index (χ3v) is 2.84. The van der Waals surface area contributed by atoms with Gasteiger partial charge in [0.25, 0.3) is 0 Å². The molecule has 1 aromatic rings. The number of nitrogens with one attached hydrogen (secondary N) is 1. The molecule has 0 aliphatic carbocycles. The third-order valence-electron chi connectivity index (χ3n) is 2.84. The van der Waals surface area contributed by atoms with Crippen molar-refractivity contribution in [3.8, 4) is 0 Å². The van der Waals surface area contributed by atoms with Gasteiger partial charge in [-0.05, 0) is 6.92 Å². The standard InChI is InChI=1S/C15H23N3O3/c1-5-21-13(20)7-6-12(19)17-9-11-8-16-10-18-14(11)15(2,3)4/h8,10H,5-7,9H2,1-4H3,(H,17,19). The predicted octanol–water partition coefficient (Wildman–Crippen LogP) is 1.73. The molecule has 0 spiro atoms. The summed E-state index contributed by atoms with van der Waals surface area (Å²) in [6, 6.07) is 0. The van der Waals surface area contributed by atoms with Crippen LogP contribution >= 0.6 is 0 Å². The summed E-state index contributed by atoms with van der Waals surface area (Å²) >= 11 is 0. The number of carbonyl (C=O) groups is 2. The van der Waals surface area contributed by atoms with E-state index in [2.05, 4.69) is 36.1 Å². The highest BCUT2D eigenvalue weighted by Crippen LogP contribution is 2.22. The topological polar surface area (TPSA) is 81.2 Å². The van der Waals surface area contributed by atoms with E-state index in [1.165, 1.54) is 6.33 Å². The number of hydrogen-bond donors (Lipinski definition) is 1. The van der Waals surface area contributed by atoms with Crippen molar-refractivity contribution in [2.24, 2.45) is 0 Å². The van der Waals surface area contributed by atoms with E-state index in [9.17, 15) is 9.59 Å². The highest BCUT2D eigenvalue weighted by molar-refractivity contribution is 5.81. The minimum Gasteiger partial charge on any atom is -0.466 e. The zero-order valence-electron chi connectivity index (χ0n) is 13.1. The number of aromatic nitrogens is 2. The fourth-order valence-electron chi connectivity index (χ4n) is 1.89. The Morgan fingerprint density at radius 1 is 1.29 bits per heavy atom. The summed E-state index contributed by atoms with van der Waals surface area (Å²) in [5.74, 6) is -0.544. The summed E-state index contributed by atoms with van der Waals surface area (Å²) in [5.41, 5.74) is 1.67. The van der Waals surface area contributed by atoms with Gasteiger partial charge >= 0.3 is 5.97 Å². The second-order valence-corrected chi connectivity index (χ2v) is 5.73. The molecule has 0 unspecified atom stereocenters. The van der Waals surface area contributed by atoms with Gasteiger partial charge in [-0.15, -0.1) is 0 Å². The van der Waals surface area contributed by atoms with Crippen molar-refractivity contribution in [3.05, 3.63) is 23.8 Å². The molecule has 0 bridgehead atoms. The van der Waals surface area contributed by atoms with E-state index in [4.69, 9.17) is 4.74 Å². The molecule has 6 nitrogen and oxygen atoms in total. The van der Waals surface area contributed by atoms with Crippen LogP contribution in [0.2, 0.25) is 0 Å². The summed E-state index contributed by atoms with van der Waals surface area (Å²) < 4.78 is 4.78. The Bertz CT molecular complexity index is 495. The average Bonchev–Trinajstić information content (AvgIpc) is 2.42. The van der Waals surface area contributed by atoms with E-state index in [1.54, 1.807) is 13.1 Å². The van der Waals surface area contributed by atoms with Gasteiger partial charge in [0.1, 0.15) is 6.33 Å². The number of nitrogens with zero attached hydrogens (tertiary/aromatic N) is 2. The van der Waals surface area contributed by atoms with Crippen molar-refractivity contribution in [1.29, 1.82) is 0 Å². The third kappa shape index (κ3) is 5.89. The molecule has 1 rings (SSSR count).